The van der Waals surface area contributed by atoms with E-state index >= 15 is 0 Å². The molecule has 8 nitrogen and oxygen atoms in total. The van der Waals surface area contributed by atoms with Gasteiger partial charge in [0, 0.05) is 17.3 Å². The van der Waals surface area contributed by atoms with Crippen LogP contribution in [0.1, 0.15) is 90.8 Å². The molecule has 0 aliphatic heterocycles. The van der Waals surface area contributed by atoms with Crippen LogP contribution in [0, 0.1) is 6.92 Å². The van der Waals surface area contributed by atoms with Gasteiger partial charge >= 0.3 is 6.09 Å². The van der Waals surface area contributed by atoms with Crippen molar-refractivity contribution in [3.63, 3.8) is 0 Å². The van der Waals surface area contributed by atoms with Crippen molar-refractivity contribution in [2.45, 2.75) is 110 Å². The van der Waals surface area contributed by atoms with Gasteiger partial charge in [-0.25, -0.2) is 4.79 Å². The number of carbonyl (C=O) groups is 3. The highest BCUT2D eigenvalue weighted by Crippen LogP contribution is 2.33. The van der Waals surface area contributed by atoms with Gasteiger partial charge in [-0.15, -0.1) is 0 Å². The number of amides is 3. The molecule has 0 heterocycles. The molecule has 3 amide bonds. The van der Waals surface area contributed by atoms with Crippen LogP contribution in [0.3, 0.4) is 0 Å². The average Bonchev–Trinajstić information content (AvgIpc) is 2.76. The molecule has 0 spiro atoms. The number of aromatic hydroxyl groups is 1. The summed E-state index contributed by atoms with van der Waals surface area (Å²) in [7, 11) is 0. The first-order valence-corrected chi connectivity index (χ1v) is 13.3. The van der Waals surface area contributed by atoms with Gasteiger partial charge in [0.2, 0.25) is 11.8 Å². The van der Waals surface area contributed by atoms with Gasteiger partial charge in [0.25, 0.3) is 0 Å². The van der Waals surface area contributed by atoms with Gasteiger partial charge in [-0.1, -0.05) is 25.3 Å². The molecule has 1 aromatic rings. The van der Waals surface area contributed by atoms with Crippen molar-refractivity contribution in [2.75, 3.05) is 5.75 Å². The molecule has 36 heavy (non-hydrogen) atoms. The standard InChI is InChI=1S/C27H43N3O5S/c1-17-15-18(13-14-21(17)31)22(23(32)28-19-11-9-8-10-12-19)30(26(2,3)4)24(33)20(16-36)29-25(34)35-27(5,6)7/h13-15,19-20,22,31,36H,8-12,16H2,1-7H3,(H,28,32)(H,29,34). The van der Waals surface area contributed by atoms with Crippen LogP contribution in [0.25, 0.3) is 0 Å². The van der Waals surface area contributed by atoms with Crippen molar-refractivity contribution in [3.05, 3.63) is 29.3 Å². The van der Waals surface area contributed by atoms with Gasteiger partial charge < -0.3 is 25.4 Å². The van der Waals surface area contributed by atoms with Gasteiger partial charge in [0.1, 0.15) is 23.4 Å². The molecule has 0 aromatic heterocycles. The minimum atomic E-state index is -1.01. The number of hydrogen-bond acceptors (Lipinski definition) is 6. The molecule has 1 saturated carbocycles. The lowest BCUT2D eigenvalue weighted by Gasteiger charge is -2.43. The summed E-state index contributed by atoms with van der Waals surface area (Å²) in [4.78, 5) is 41.8. The highest BCUT2D eigenvalue weighted by molar-refractivity contribution is 7.80. The Morgan fingerprint density at radius 3 is 2.22 bits per heavy atom. The first-order chi connectivity index (χ1) is 16.6. The Morgan fingerprint density at radius 1 is 1.11 bits per heavy atom. The van der Waals surface area contributed by atoms with Gasteiger partial charge in [-0.3, -0.25) is 9.59 Å². The summed E-state index contributed by atoms with van der Waals surface area (Å²) in [6.45, 7) is 12.5. The lowest BCUT2D eigenvalue weighted by atomic mass is 9.92. The highest BCUT2D eigenvalue weighted by atomic mass is 32.1. The fourth-order valence-corrected chi connectivity index (χ4v) is 4.69. The zero-order chi connectivity index (χ0) is 27.3. The minimum Gasteiger partial charge on any atom is -0.508 e. The molecule has 1 aromatic carbocycles. The monoisotopic (exact) mass is 521 g/mol. The molecule has 9 heteroatoms. The number of aryl methyl sites for hydroxylation is 1. The zero-order valence-corrected chi connectivity index (χ0v) is 23.6. The van der Waals surface area contributed by atoms with E-state index in [0.717, 1.165) is 32.1 Å². The first kappa shape index (κ1) is 29.8. The Labute approximate surface area is 220 Å². The van der Waals surface area contributed by atoms with E-state index in [1.165, 1.54) is 11.0 Å². The summed E-state index contributed by atoms with van der Waals surface area (Å²) in [5.74, 6) is -0.599. The second-order valence-electron chi connectivity index (χ2n) is 11.6. The van der Waals surface area contributed by atoms with Crippen LogP contribution in [-0.2, 0) is 14.3 Å². The molecule has 2 atom stereocenters. The van der Waals surface area contributed by atoms with Crippen LogP contribution in [0.2, 0.25) is 0 Å². The molecule has 1 fully saturated rings. The molecule has 202 valence electrons. The number of carbonyl (C=O) groups excluding carboxylic acids is 3. The Morgan fingerprint density at radius 2 is 1.72 bits per heavy atom. The Balaban J connectivity index is 2.48. The van der Waals surface area contributed by atoms with Crippen LogP contribution in [0.15, 0.2) is 18.2 Å². The van der Waals surface area contributed by atoms with Crippen molar-refractivity contribution in [1.29, 1.82) is 0 Å². The van der Waals surface area contributed by atoms with Crippen molar-refractivity contribution in [3.8, 4) is 5.75 Å². The topological polar surface area (TPSA) is 108 Å². The van der Waals surface area contributed by atoms with Gasteiger partial charge in [-0.2, -0.15) is 12.6 Å². The van der Waals surface area contributed by atoms with Crippen LogP contribution in [0.4, 0.5) is 4.79 Å². The predicted molar refractivity (Wildman–Crippen MR) is 144 cm³/mol. The van der Waals surface area contributed by atoms with E-state index in [9.17, 15) is 19.5 Å². The van der Waals surface area contributed by atoms with Crippen molar-refractivity contribution in [1.82, 2.24) is 15.5 Å². The number of nitrogens with one attached hydrogen (secondary N) is 2. The molecule has 1 aliphatic rings. The predicted octanol–water partition coefficient (Wildman–Crippen LogP) is 4.64. The maximum Gasteiger partial charge on any atom is 0.408 e. The Kier molecular flexibility index (Phi) is 10.1. The van der Waals surface area contributed by atoms with Crippen LogP contribution in [-0.4, -0.2) is 56.9 Å². The van der Waals surface area contributed by atoms with E-state index in [-0.39, 0.29) is 23.5 Å². The summed E-state index contributed by atoms with van der Waals surface area (Å²) in [6, 6.07) is 2.99. The fraction of sp³-hybridized carbons (Fsp3) is 0.667. The van der Waals surface area contributed by atoms with Crippen LogP contribution >= 0.6 is 12.6 Å². The van der Waals surface area contributed by atoms with E-state index < -0.39 is 35.2 Å². The molecule has 1 aliphatic carbocycles. The van der Waals surface area contributed by atoms with E-state index in [1.807, 2.05) is 20.8 Å². The number of benzene rings is 1. The molecule has 0 radical (unpaired) electrons. The maximum atomic E-state index is 14.0. The highest BCUT2D eigenvalue weighted by Gasteiger charge is 2.42. The van der Waals surface area contributed by atoms with Gasteiger partial charge in [0.15, 0.2) is 0 Å². The summed E-state index contributed by atoms with van der Waals surface area (Å²) < 4.78 is 5.35. The van der Waals surface area contributed by atoms with Crippen molar-refractivity contribution in [2.24, 2.45) is 0 Å². The number of thiol groups is 1. The second kappa shape index (κ2) is 12.2. The van der Waals surface area contributed by atoms with E-state index in [0.29, 0.717) is 11.1 Å². The molecule has 0 bridgehead atoms. The largest absolute Gasteiger partial charge is 0.508 e. The van der Waals surface area contributed by atoms with Crippen molar-refractivity contribution < 1.29 is 24.2 Å². The number of phenols is 1. The summed E-state index contributed by atoms with van der Waals surface area (Å²) in [6.07, 6.45) is 4.33. The van der Waals surface area contributed by atoms with Crippen molar-refractivity contribution >= 4 is 30.5 Å². The Bertz CT molecular complexity index is 932. The van der Waals surface area contributed by atoms with Crippen LogP contribution < -0.4 is 10.6 Å². The summed E-state index contributed by atoms with van der Waals surface area (Å²) in [5.41, 5.74) is -0.336. The SMILES string of the molecule is Cc1cc(C(C(=O)NC2CCCCC2)N(C(=O)C(CS)NC(=O)OC(C)(C)C)C(C)(C)C)ccc1O. The zero-order valence-electron chi connectivity index (χ0n) is 22.7. The molecule has 2 rings (SSSR count). The van der Waals surface area contributed by atoms with E-state index in [2.05, 4.69) is 23.3 Å². The van der Waals surface area contributed by atoms with Crippen LogP contribution in [0.5, 0.6) is 5.75 Å². The lowest BCUT2D eigenvalue weighted by Crippen LogP contribution is -2.59. The number of alkyl carbamates (subject to hydrolysis) is 1. The Hall–Kier alpha value is -2.42. The minimum absolute atomic E-state index is 0.0240. The number of rotatable bonds is 7. The fourth-order valence-electron chi connectivity index (χ4n) is 4.44. The summed E-state index contributed by atoms with van der Waals surface area (Å²) >= 11 is 4.32. The van der Waals surface area contributed by atoms with Gasteiger partial charge in [-0.05, 0) is 84.6 Å². The third kappa shape index (κ3) is 8.32. The lowest BCUT2D eigenvalue weighted by molar-refractivity contribution is -0.148. The number of ether oxygens (including phenoxy) is 1. The van der Waals surface area contributed by atoms with E-state index in [1.54, 1.807) is 39.8 Å². The molecule has 2 unspecified atom stereocenters. The molecule has 3 N–H and O–H groups in total. The molecular weight excluding hydrogens is 478 g/mol. The second-order valence-corrected chi connectivity index (χ2v) is 11.9. The smallest absolute Gasteiger partial charge is 0.408 e. The first-order valence-electron chi connectivity index (χ1n) is 12.7. The quantitative estimate of drug-likeness (QED) is 0.391. The summed E-state index contributed by atoms with van der Waals surface area (Å²) in [5, 5.41) is 15.9. The van der Waals surface area contributed by atoms with E-state index in [4.69, 9.17) is 4.74 Å². The number of phenolic OH excluding ortho intramolecular Hbond substituents is 1. The maximum absolute atomic E-state index is 14.0. The molecule has 0 saturated heterocycles. The third-order valence-corrected chi connectivity index (χ3v) is 6.49. The average molecular weight is 522 g/mol. The number of nitrogens with zero attached hydrogens (tertiary/aromatic N) is 1. The third-order valence-electron chi connectivity index (χ3n) is 6.13. The normalized spacial score (nSPS) is 16.6. The number of hydrogen-bond donors (Lipinski definition) is 4. The van der Waals surface area contributed by atoms with Gasteiger partial charge in [0.05, 0.1) is 0 Å². The molecular formula is C27H43N3O5S.